The van der Waals surface area contributed by atoms with Crippen molar-refractivity contribution < 1.29 is 0 Å². The number of aryl methyl sites for hydroxylation is 1. The summed E-state index contributed by atoms with van der Waals surface area (Å²) in [5.74, 6) is 1.87. The maximum absolute atomic E-state index is 4.86. The summed E-state index contributed by atoms with van der Waals surface area (Å²) < 4.78 is 2.16. The van der Waals surface area contributed by atoms with E-state index in [1.807, 2.05) is 24.3 Å². The second-order valence-electron chi connectivity index (χ2n) is 13.7. The van der Waals surface area contributed by atoms with E-state index in [0.29, 0.717) is 0 Å². The van der Waals surface area contributed by atoms with E-state index in [1.54, 1.807) is 0 Å². The zero-order chi connectivity index (χ0) is 35.3. The summed E-state index contributed by atoms with van der Waals surface area (Å²) >= 11 is 0. The zero-order valence-corrected chi connectivity index (χ0v) is 29.2. The van der Waals surface area contributed by atoms with E-state index in [9.17, 15) is 0 Å². The van der Waals surface area contributed by atoms with Gasteiger partial charge >= 0.3 is 0 Å². The second kappa shape index (κ2) is 12.6. The van der Waals surface area contributed by atoms with Crippen molar-refractivity contribution in [3.63, 3.8) is 0 Å². The summed E-state index contributed by atoms with van der Waals surface area (Å²) in [5, 5.41) is 2.46. The molecule has 4 nitrogen and oxygen atoms in total. The van der Waals surface area contributed by atoms with Crippen molar-refractivity contribution in [1.82, 2.24) is 19.5 Å². The molecule has 0 atom stereocenters. The number of nitrogens with zero attached hydrogens (tertiary/aromatic N) is 3. The average molecular weight is 679 g/mol. The third-order valence-corrected chi connectivity index (χ3v) is 10.4. The van der Waals surface area contributed by atoms with Crippen LogP contribution in [0.15, 0.2) is 182 Å². The highest BCUT2D eigenvalue weighted by Gasteiger charge is 2.11. The molecule has 53 heavy (non-hydrogen) atoms. The highest BCUT2D eigenvalue weighted by molar-refractivity contribution is 5.91. The van der Waals surface area contributed by atoms with Gasteiger partial charge in [-0.3, -0.25) is 0 Å². The molecule has 0 unspecified atom stereocenters. The molecular formula is C49H34N4. The predicted octanol–water partition coefficient (Wildman–Crippen LogP) is 12.6. The number of hydrogen-bond acceptors (Lipinski definition) is 2. The van der Waals surface area contributed by atoms with Gasteiger partial charge in [-0.2, -0.15) is 0 Å². The molecule has 0 bridgehead atoms. The molecule has 10 rings (SSSR count). The van der Waals surface area contributed by atoms with Crippen LogP contribution in [0.25, 0.3) is 100 Å². The first-order valence-corrected chi connectivity index (χ1v) is 18.0. The van der Waals surface area contributed by atoms with Crippen LogP contribution in [-0.4, -0.2) is 19.5 Å². The van der Waals surface area contributed by atoms with Crippen LogP contribution in [0.1, 0.15) is 0 Å². The normalized spacial score (nSPS) is 11.5. The Kier molecular flexibility index (Phi) is 7.33. The molecule has 0 aliphatic heterocycles. The lowest BCUT2D eigenvalue weighted by Gasteiger charge is -2.10. The Hall–Kier alpha value is -7.04. The van der Waals surface area contributed by atoms with Gasteiger partial charge in [-0.25, -0.2) is 9.97 Å². The molecule has 4 heteroatoms. The Balaban J connectivity index is 0.860. The van der Waals surface area contributed by atoms with Crippen LogP contribution in [-0.2, 0) is 7.05 Å². The van der Waals surface area contributed by atoms with Gasteiger partial charge in [0.2, 0.25) is 0 Å². The fourth-order valence-corrected chi connectivity index (χ4v) is 7.44. The summed E-state index contributed by atoms with van der Waals surface area (Å²) in [6.45, 7) is 0. The highest BCUT2D eigenvalue weighted by Crippen LogP contribution is 2.33. The molecule has 0 saturated carbocycles. The van der Waals surface area contributed by atoms with E-state index in [2.05, 4.69) is 174 Å². The molecule has 0 radical (unpaired) electrons. The van der Waals surface area contributed by atoms with Crippen molar-refractivity contribution >= 4 is 32.8 Å². The maximum atomic E-state index is 4.86. The number of aromatic amines is 1. The van der Waals surface area contributed by atoms with Crippen molar-refractivity contribution in [1.29, 1.82) is 0 Å². The fraction of sp³-hybridized carbons (Fsp3) is 0.0204. The molecule has 8 aromatic carbocycles. The molecular weight excluding hydrogens is 645 g/mol. The number of nitrogens with one attached hydrogen (secondary N) is 1. The first-order valence-electron chi connectivity index (χ1n) is 18.0. The third kappa shape index (κ3) is 5.67. The molecule has 1 N–H and O–H groups in total. The Labute approximate surface area is 307 Å². The van der Waals surface area contributed by atoms with Crippen LogP contribution in [0.2, 0.25) is 0 Å². The van der Waals surface area contributed by atoms with Crippen LogP contribution in [0.4, 0.5) is 0 Å². The number of fused-ring (bicyclic) bond motifs is 3. The zero-order valence-electron chi connectivity index (χ0n) is 29.2. The van der Waals surface area contributed by atoms with E-state index in [-0.39, 0.29) is 0 Å². The Bertz CT molecular complexity index is 2880. The van der Waals surface area contributed by atoms with Gasteiger partial charge in [0.15, 0.2) is 0 Å². The molecule has 0 amide bonds. The van der Waals surface area contributed by atoms with E-state index in [4.69, 9.17) is 9.97 Å². The van der Waals surface area contributed by atoms with E-state index in [0.717, 1.165) is 44.8 Å². The van der Waals surface area contributed by atoms with Crippen LogP contribution >= 0.6 is 0 Å². The molecule has 250 valence electrons. The summed E-state index contributed by atoms with van der Waals surface area (Å²) in [7, 11) is 2.08. The van der Waals surface area contributed by atoms with Crippen molar-refractivity contribution in [2.75, 3.05) is 0 Å². The predicted molar refractivity (Wildman–Crippen MR) is 220 cm³/mol. The standard InChI is InChI=1S/C49H34N4/c1-53-47-9-5-4-8-46(47)52-49(53)40-26-20-35(21-27-40)33-12-16-37(17-13-33)42-29-23-38-22-28-41(30-43(38)31-42)36-14-10-32(11-15-36)34-18-24-39(25-19-34)48-50-44-6-2-3-7-45(44)51-48/h2-31H,1H3,(H,50,51). The average Bonchev–Trinajstić information content (AvgIpc) is 3.82. The first-order chi connectivity index (χ1) is 26.1. The number of imidazole rings is 2. The van der Waals surface area contributed by atoms with E-state index in [1.165, 1.54) is 55.3 Å². The molecule has 2 aromatic heterocycles. The molecule has 0 saturated heterocycles. The minimum Gasteiger partial charge on any atom is -0.338 e. The van der Waals surface area contributed by atoms with Gasteiger partial charge < -0.3 is 9.55 Å². The maximum Gasteiger partial charge on any atom is 0.140 e. The molecule has 10 aromatic rings. The Morgan fingerprint density at radius 2 is 0.811 bits per heavy atom. The molecule has 0 aliphatic carbocycles. The molecule has 0 fully saturated rings. The number of para-hydroxylation sites is 4. The van der Waals surface area contributed by atoms with Crippen molar-refractivity contribution in [2.24, 2.45) is 7.05 Å². The van der Waals surface area contributed by atoms with Gasteiger partial charge in [0.1, 0.15) is 11.6 Å². The number of aromatic nitrogens is 4. The van der Waals surface area contributed by atoms with Gasteiger partial charge in [-0.15, -0.1) is 0 Å². The largest absolute Gasteiger partial charge is 0.338 e. The van der Waals surface area contributed by atoms with Gasteiger partial charge in [0, 0.05) is 18.2 Å². The van der Waals surface area contributed by atoms with Crippen LogP contribution in [0.3, 0.4) is 0 Å². The molecule has 2 heterocycles. The lowest BCUT2D eigenvalue weighted by Crippen LogP contribution is -1.92. The summed E-state index contributed by atoms with van der Waals surface area (Å²) in [5.41, 5.74) is 15.9. The van der Waals surface area contributed by atoms with Gasteiger partial charge in [-0.05, 0) is 91.7 Å². The summed E-state index contributed by atoms with van der Waals surface area (Å²) in [4.78, 5) is 13.0. The SMILES string of the molecule is Cn1c(-c2ccc(-c3ccc(-c4ccc5ccc(-c6ccc(-c7ccc(-c8nc9ccccc9[nH]8)cc7)cc6)cc5c4)cc3)cc2)nc2ccccc21. The summed E-state index contributed by atoms with van der Waals surface area (Å²) in [6, 6.07) is 64.9. The van der Waals surface area contributed by atoms with Crippen LogP contribution in [0, 0.1) is 0 Å². The van der Waals surface area contributed by atoms with Crippen molar-refractivity contribution in [3.05, 3.63) is 182 Å². The quantitative estimate of drug-likeness (QED) is 0.190. The van der Waals surface area contributed by atoms with E-state index < -0.39 is 0 Å². The smallest absolute Gasteiger partial charge is 0.140 e. The van der Waals surface area contributed by atoms with Crippen LogP contribution < -0.4 is 0 Å². The van der Waals surface area contributed by atoms with Crippen molar-refractivity contribution in [2.45, 2.75) is 0 Å². The van der Waals surface area contributed by atoms with Crippen LogP contribution in [0.5, 0.6) is 0 Å². The van der Waals surface area contributed by atoms with Gasteiger partial charge in [0.05, 0.1) is 22.1 Å². The number of hydrogen-bond donors (Lipinski definition) is 1. The Morgan fingerprint density at radius 3 is 1.34 bits per heavy atom. The fourth-order valence-electron chi connectivity index (χ4n) is 7.44. The van der Waals surface area contributed by atoms with E-state index >= 15 is 0 Å². The minimum atomic E-state index is 0.891. The lowest BCUT2D eigenvalue weighted by atomic mass is 9.95. The number of rotatable bonds is 6. The molecule has 0 spiro atoms. The number of benzene rings is 8. The lowest BCUT2D eigenvalue weighted by molar-refractivity contribution is 0.959. The third-order valence-electron chi connectivity index (χ3n) is 10.4. The monoisotopic (exact) mass is 678 g/mol. The summed E-state index contributed by atoms with van der Waals surface area (Å²) in [6.07, 6.45) is 0. The Morgan fingerprint density at radius 1 is 0.377 bits per heavy atom. The highest BCUT2D eigenvalue weighted by atomic mass is 15.1. The minimum absolute atomic E-state index is 0.891. The number of H-pyrrole nitrogens is 1. The van der Waals surface area contributed by atoms with Gasteiger partial charge in [0.25, 0.3) is 0 Å². The van der Waals surface area contributed by atoms with Crippen molar-refractivity contribution in [3.8, 4) is 67.3 Å². The van der Waals surface area contributed by atoms with Gasteiger partial charge in [-0.1, -0.05) is 146 Å². The first kappa shape index (κ1) is 30.8. The molecule has 0 aliphatic rings. The second-order valence-corrected chi connectivity index (χ2v) is 13.7. The topological polar surface area (TPSA) is 46.5 Å².